The van der Waals surface area contributed by atoms with Gasteiger partial charge in [-0.05, 0) is 31.5 Å². The molecule has 0 aliphatic heterocycles. The van der Waals surface area contributed by atoms with Crippen LogP contribution in [0.4, 0.5) is 5.69 Å². The van der Waals surface area contributed by atoms with Gasteiger partial charge >= 0.3 is 0 Å². The SMILES string of the molecule is CCN(CC)c1ccc(CNCCn2ccnc2)cc1. The first-order chi connectivity index (χ1) is 9.83. The predicted octanol–water partition coefficient (Wildman–Crippen LogP) is 2.52. The number of nitrogens with one attached hydrogen (secondary N) is 1. The van der Waals surface area contributed by atoms with Crippen LogP contribution in [0.25, 0.3) is 0 Å². The quantitative estimate of drug-likeness (QED) is 0.750. The first-order valence-electron chi connectivity index (χ1n) is 7.33. The standard InChI is InChI=1S/C16H24N4/c1-3-20(4-2)16-7-5-15(6-8-16)13-17-9-11-19-12-10-18-14-19/h5-8,10,12,14,17H,3-4,9,11,13H2,1-2H3. The van der Waals surface area contributed by atoms with Crippen molar-refractivity contribution in [3.8, 4) is 0 Å². The minimum Gasteiger partial charge on any atom is -0.372 e. The van der Waals surface area contributed by atoms with Crippen molar-refractivity contribution in [3.05, 3.63) is 48.5 Å². The van der Waals surface area contributed by atoms with Crippen LogP contribution in [0.3, 0.4) is 0 Å². The van der Waals surface area contributed by atoms with Gasteiger partial charge in [0.2, 0.25) is 0 Å². The summed E-state index contributed by atoms with van der Waals surface area (Å²) in [4.78, 5) is 6.39. The molecule has 0 radical (unpaired) electrons. The van der Waals surface area contributed by atoms with E-state index in [2.05, 4.69) is 57.9 Å². The molecule has 0 spiro atoms. The first kappa shape index (κ1) is 14.6. The summed E-state index contributed by atoms with van der Waals surface area (Å²) in [5.74, 6) is 0. The zero-order chi connectivity index (χ0) is 14.2. The molecule has 0 amide bonds. The Morgan fingerprint density at radius 1 is 1.15 bits per heavy atom. The summed E-state index contributed by atoms with van der Waals surface area (Å²) in [7, 11) is 0. The third-order valence-corrected chi connectivity index (χ3v) is 3.50. The lowest BCUT2D eigenvalue weighted by Gasteiger charge is -2.21. The highest BCUT2D eigenvalue weighted by Crippen LogP contribution is 2.14. The Balaban J connectivity index is 1.76. The molecule has 1 heterocycles. The van der Waals surface area contributed by atoms with Crippen LogP contribution >= 0.6 is 0 Å². The van der Waals surface area contributed by atoms with Gasteiger partial charge in [-0.3, -0.25) is 0 Å². The number of rotatable bonds is 8. The molecule has 0 saturated carbocycles. The average Bonchev–Trinajstić information content (AvgIpc) is 3.00. The second-order valence-corrected chi connectivity index (χ2v) is 4.82. The van der Waals surface area contributed by atoms with Crippen molar-refractivity contribution in [2.75, 3.05) is 24.5 Å². The highest BCUT2D eigenvalue weighted by atomic mass is 15.1. The highest BCUT2D eigenvalue weighted by molar-refractivity contribution is 5.47. The topological polar surface area (TPSA) is 33.1 Å². The van der Waals surface area contributed by atoms with Crippen molar-refractivity contribution < 1.29 is 0 Å². The third kappa shape index (κ3) is 4.10. The molecule has 4 nitrogen and oxygen atoms in total. The average molecular weight is 272 g/mol. The molecule has 2 aromatic rings. The van der Waals surface area contributed by atoms with Gasteiger partial charge in [-0.1, -0.05) is 12.1 Å². The maximum absolute atomic E-state index is 4.03. The van der Waals surface area contributed by atoms with Gasteiger partial charge in [0, 0.05) is 50.8 Å². The zero-order valence-electron chi connectivity index (χ0n) is 12.4. The summed E-state index contributed by atoms with van der Waals surface area (Å²) in [6, 6.07) is 8.83. The molecular formula is C16H24N4. The Morgan fingerprint density at radius 2 is 1.90 bits per heavy atom. The van der Waals surface area contributed by atoms with Crippen LogP contribution < -0.4 is 10.2 Å². The van der Waals surface area contributed by atoms with Crippen LogP contribution in [0.1, 0.15) is 19.4 Å². The van der Waals surface area contributed by atoms with Gasteiger partial charge in [0.1, 0.15) is 0 Å². The Labute approximate surface area is 121 Å². The molecule has 0 atom stereocenters. The number of hydrogen-bond donors (Lipinski definition) is 1. The lowest BCUT2D eigenvalue weighted by molar-refractivity contribution is 0.597. The van der Waals surface area contributed by atoms with Crippen LogP contribution in [-0.4, -0.2) is 29.2 Å². The molecular weight excluding hydrogens is 248 g/mol. The third-order valence-electron chi connectivity index (χ3n) is 3.50. The fourth-order valence-corrected chi connectivity index (χ4v) is 2.27. The second kappa shape index (κ2) is 7.70. The minimum atomic E-state index is 0.910. The zero-order valence-corrected chi connectivity index (χ0v) is 12.4. The fourth-order valence-electron chi connectivity index (χ4n) is 2.27. The smallest absolute Gasteiger partial charge is 0.0946 e. The number of aromatic nitrogens is 2. The number of nitrogens with zero attached hydrogens (tertiary/aromatic N) is 3. The molecule has 0 unspecified atom stereocenters. The summed E-state index contributed by atoms with van der Waals surface area (Å²) in [6.07, 6.45) is 5.65. The minimum absolute atomic E-state index is 0.910. The molecule has 0 bridgehead atoms. The highest BCUT2D eigenvalue weighted by Gasteiger charge is 2.01. The van der Waals surface area contributed by atoms with Crippen molar-refractivity contribution in [2.45, 2.75) is 26.9 Å². The van der Waals surface area contributed by atoms with Gasteiger partial charge in [0.15, 0.2) is 0 Å². The fraction of sp³-hybridized carbons (Fsp3) is 0.438. The van der Waals surface area contributed by atoms with Crippen molar-refractivity contribution in [1.29, 1.82) is 0 Å². The Hall–Kier alpha value is -1.81. The lowest BCUT2D eigenvalue weighted by atomic mass is 10.2. The number of benzene rings is 1. The van der Waals surface area contributed by atoms with Gasteiger partial charge < -0.3 is 14.8 Å². The summed E-state index contributed by atoms with van der Waals surface area (Å²) < 4.78 is 2.08. The van der Waals surface area contributed by atoms with Crippen LogP contribution in [0.15, 0.2) is 43.0 Å². The van der Waals surface area contributed by atoms with Crippen LogP contribution in [0.2, 0.25) is 0 Å². The van der Waals surface area contributed by atoms with Crippen LogP contribution in [0, 0.1) is 0 Å². The van der Waals surface area contributed by atoms with E-state index in [0.717, 1.165) is 32.7 Å². The molecule has 0 fully saturated rings. The van der Waals surface area contributed by atoms with E-state index in [4.69, 9.17) is 0 Å². The van der Waals surface area contributed by atoms with Crippen molar-refractivity contribution >= 4 is 5.69 Å². The summed E-state index contributed by atoms with van der Waals surface area (Å²) in [5.41, 5.74) is 2.63. The largest absolute Gasteiger partial charge is 0.372 e. The van der Waals surface area contributed by atoms with Gasteiger partial charge in [-0.25, -0.2) is 4.98 Å². The van der Waals surface area contributed by atoms with E-state index in [1.54, 1.807) is 0 Å². The Kier molecular flexibility index (Phi) is 5.62. The van der Waals surface area contributed by atoms with Gasteiger partial charge in [0.25, 0.3) is 0 Å². The van der Waals surface area contributed by atoms with Gasteiger partial charge in [0.05, 0.1) is 6.33 Å². The Morgan fingerprint density at radius 3 is 2.50 bits per heavy atom. The molecule has 0 saturated heterocycles. The predicted molar refractivity (Wildman–Crippen MR) is 83.9 cm³/mol. The van der Waals surface area contributed by atoms with E-state index in [-0.39, 0.29) is 0 Å². The van der Waals surface area contributed by atoms with Crippen molar-refractivity contribution in [3.63, 3.8) is 0 Å². The maximum atomic E-state index is 4.03. The van der Waals surface area contributed by atoms with Crippen molar-refractivity contribution in [1.82, 2.24) is 14.9 Å². The maximum Gasteiger partial charge on any atom is 0.0946 e. The molecule has 0 aliphatic rings. The van der Waals surface area contributed by atoms with E-state index >= 15 is 0 Å². The second-order valence-electron chi connectivity index (χ2n) is 4.82. The molecule has 1 N–H and O–H groups in total. The van der Waals surface area contributed by atoms with E-state index in [0.29, 0.717) is 0 Å². The molecule has 1 aromatic carbocycles. The molecule has 0 aliphatic carbocycles. The monoisotopic (exact) mass is 272 g/mol. The van der Waals surface area contributed by atoms with Crippen molar-refractivity contribution in [2.24, 2.45) is 0 Å². The summed E-state index contributed by atoms with van der Waals surface area (Å²) >= 11 is 0. The van der Waals surface area contributed by atoms with E-state index in [1.165, 1.54) is 11.3 Å². The van der Waals surface area contributed by atoms with Gasteiger partial charge in [-0.2, -0.15) is 0 Å². The molecule has 20 heavy (non-hydrogen) atoms. The number of anilines is 1. The van der Waals surface area contributed by atoms with Gasteiger partial charge in [-0.15, -0.1) is 0 Å². The summed E-state index contributed by atoms with van der Waals surface area (Å²) in [6.45, 7) is 9.31. The Bertz CT molecular complexity index is 472. The number of hydrogen-bond acceptors (Lipinski definition) is 3. The molecule has 4 heteroatoms. The van der Waals surface area contributed by atoms with E-state index in [9.17, 15) is 0 Å². The molecule has 108 valence electrons. The summed E-state index contributed by atoms with van der Waals surface area (Å²) in [5, 5.41) is 3.45. The lowest BCUT2D eigenvalue weighted by Crippen LogP contribution is -2.22. The molecule has 2 rings (SSSR count). The molecule has 1 aromatic heterocycles. The van der Waals surface area contributed by atoms with Crippen LogP contribution in [-0.2, 0) is 13.1 Å². The number of imidazole rings is 1. The normalized spacial score (nSPS) is 10.7. The van der Waals surface area contributed by atoms with Crippen LogP contribution in [0.5, 0.6) is 0 Å². The first-order valence-corrected chi connectivity index (χ1v) is 7.33. The van der Waals surface area contributed by atoms with E-state index in [1.807, 2.05) is 18.7 Å². The van der Waals surface area contributed by atoms with E-state index < -0.39 is 0 Å².